The van der Waals surface area contributed by atoms with Crippen LogP contribution in [-0.4, -0.2) is 37.3 Å². The minimum absolute atomic E-state index is 0.0286. The van der Waals surface area contributed by atoms with Gasteiger partial charge in [-0.3, -0.25) is 4.79 Å². The van der Waals surface area contributed by atoms with Gasteiger partial charge in [-0.25, -0.2) is 17.2 Å². The highest BCUT2D eigenvalue weighted by Gasteiger charge is 2.74. The molecular weight excluding hydrogens is 448 g/mol. The number of carbonyl (C=O) groups excluding carboxylic acids is 1. The molecule has 0 aromatic heterocycles. The normalized spacial score (nSPS) is 26.1. The Kier molecular flexibility index (Phi) is 5.08. The van der Waals surface area contributed by atoms with E-state index in [4.69, 9.17) is 4.74 Å². The predicted octanol–water partition coefficient (Wildman–Crippen LogP) is 4.69. The number of rotatable bonds is 6. The van der Waals surface area contributed by atoms with E-state index in [-0.39, 0.29) is 29.1 Å². The first-order valence-electron chi connectivity index (χ1n) is 11.3. The lowest BCUT2D eigenvalue weighted by atomic mass is 9.82. The number of amides is 1. The van der Waals surface area contributed by atoms with Gasteiger partial charge in [0.1, 0.15) is 11.5 Å². The van der Waals surface area contributed by atoms with Crippen molar-refractivity contribution in [3.05, 3.63) is 59.2 Å². The zero-order valence-electron chi connectivity index (χ0n) is 18.7. The van der Waals surface area contributed by atoms with Gasteiger partial charge < -0.3 is 9.64 Å². The summed E-state index contributed by atoms with van der Waals surface area (Å²) >= 11 is 0. The standard InChI is InChI=1S/C25H27F2NO4S/c1-3-25(26,27)18-5-8-19(9-6-18)32-20-7-4-16-10-11-28(15-17(16)12-20)23(29)24-13-21(24)22(14-24)33(2,30)31/h4-9,12,21-22H,3,10-11,13-15H2,1-2H3/t21?,22-,24?/m1/s1. The van der Waals surface area contributed by atoms with Crippen molar-refractivity contribution in [2.75, 3.05) is 12.8 Å². The van der Waals surface area contributed by atoms with E-state index in [1.54, 1.807) is 0 Å². The lowest BCUT2D eigenvalue weighted by Gasteiger charge is -2.38. The van der Waals surface area contributed by atoms with Gasteiger partial charge in [0.05, 0.1) is 10.7 Å². The fourth-order valence-corrected chi connectivity index (χ4v) is 6.93. The van der Waals surface area contributed by atoms with E-state index < -0.39 is 21.2 Å². The van der Waals surface area contributed by atoms with Crippen molar-refractivity contribution < 1.29 is 26.7 Å². The number of fused-ring (bicyclic) bond motifs is 2. The van der Waals surface area contributed by atoms with E-state index in [0.29, 0.717) is 37.4 Å². The van der Waals surface area contributed by atoms with E-state index in [1.165, 1.54) is 37.4 Å². The maximum atomic E-state index is 13.8. The van der Waals surface area contributed by atoms with Gasteiger partial charge >= 0.3 is 0 Å². The molecule has 1 aliphatic heterocycles. The molecule has 1 heterocycles. The number of hydrogen-bond acceptors (Lipinski definition) is 4. The van der Waals surface area contributed by atoms with Crippen LogP contribution in [0.2, 0.25) is 0 Å². The molecule has 176 valence electrons. The average molecular weight is 476 g/mol. The van der Waals surface area contributed by atoms with E-state index in [2.05, 4.69) is 0 Å². The lowest BCUT2D eigenvalue weighted by molar-refractivity contribution is -0.140. The summed E-state index contributed by atoms with van der Waals surface area (Å²) in [7, 11) is -3.10. The van der Waals surface area contributed by atoms with Crippen LogP contribution in [0.3, 0.4) is 0 Å². The Morgan fingerprint density at radius 2 is 1.82 bits per heavy atom. The third-order valence-corrected chi connectivity index (χ3v) is 9.15. The molecule has 5 rings (SSSR count). The van der Waals surface area contributed by atoms with Crippen molar-refractivity contribution in [3.63, 3.8) is 0 Å². The van der Waals surface area contributed by atoms with Gasteiger partial charge in [0.25, 0.3) is 5.92 Å². The van der Waals surface area contributed by atoms with Crippen LogP contribution in [0.5, 0.6) is 11.5 Å². The molecule has 2 saturated carbocycles. The van der Waals surface area contributed by atoms with E-state index >= 15 is 0 Å². The van der Waals surface area contributed by atoms with Gasteiger partial charge in [-0.1, -0.05) is 13.0 Å². The van der Waals surface area contributed by atoms with Crippen molar-refractivity contribution in [1.29, 1.82) is 0 Å². The van der Waals surface area contributed by atoms with Crippen LogP contribution < -0.4 is 4.74 Å². The summed E-state index contributed by atoms with van der Waals surface area (Å²) in [4.78, 5) is 15.0. The summed E-state index contributed by atoms with van der Waals surface area (Å²) in [6.07, 6.45) is 2.84. The number of sulfone groups is 1. The van der Waals surface area contributed by atoms with Crippen LogP contribution in [0.25, 0.3) is 0 Å². The van der Waals surface area contributed by atoms with Gasteiger partial charge in [-0.15, -0.1) is 0 Å². The van der Waals surface area contributed by atoms with Crippen LogP contribution in [0, 0.1) is 11.3 Å². The van der Waals surface area contributed by atoms with Crippen molar-refractivity contribution in [3.8, 4) is 11.5 Å². The van der Waals surface area contributed by atoms with Crippen LogP contribution in [0.1, 0.15) is 42.9 Å². The number of benzene rings is 2. The van der Waals surface area contributed by atoms with E-state index in [9.17, 15) is 22.0 Å². The lowest BCUT2D eigenvalue weighted by Crippen LogP contribution is -2.49. The molecule has 0 bridgehead atoms. The molecule has 0 spiro atoms. The second kappa shape index (κ2) is 7.52. The highest BCUT2D eigenvalue weighted by atomic mass is 32.2. The van der Waals surface area contributed by atoms with Gasteiger partial charge in [0.15, 0.2) is 9.84 Å². The van der Waals surface area contributed by atoms with Gasteiger partial charge in [0.2, 0.25) is 5.91 Å². The third kappa shape index (κ3) is 3.82. The molecule has 0 N–H and O–H groups in total. The van der Waals surface area contributed by atoms with E-state index in [0.717, 1.165) is 17.5 Å². The molecule has 2 unspecified atom stereocenters. The third-order valence-electron chi connectivity index (χ3n) is 7.56. The Morgan fingerprint density at radius 1 is 1.12 bits per heavy atom. The number of nitrogens with zero attached hydrogens (tertiary/aromatic N) is 1. The molecule has 8 heteroatoms. The maximum absolute atomic E-state index is 13.8. The summed E-state index contributed by atoms with van der Waals surface area (Å²) in [6, 6.07) is 11.6. The monoisotopic (exact) mass is 475 g/mol. The first kappa shape index (κ1) is 22.3. The van der Waals surface area contributed by atoms with Crippen molar-refractivity contribution >= 4 is 15.7 Å². The van der Waals surface area contributed by atoms with Gasteiger partial charge in [-0.05, 0) is 72.7 Å². The minimum Gasteiger partial charge on any atom is -0.457 e. The molecule has 0 radical (unpaired) electrons. The number of alkyl halides is 2. The molecule has 2 fully saturated rings. The van der Waals surface area contributed by atoms with Gasteiger partial charge in [0, 0.05) is 31.3 Å². The highest BCUT2D eigenvalue weighted by molar-refractivity contribution is 7.91. The largest absolute Gasteiger partial charge is 0.457 e. The predicted molar refractivity (Wildman–Crippen MR) is 120 cm³/mol. The van der Waals surface area contributed by atoms with Crippen LogP contribution in [0.4, 0.5) is 8.78 Å². The Bertz CT molecular complexity index is 1210. The molecule has 2 aromatic carbocycles. The summed E-state index contributed by atoms with van der Waals surface area (Å²) in [5, 5.41) is -0.373. The molecule has 5 nitrogen and oxygen atoms in total. The molecule has 2 aromatic rings. The molecule has 1 amide bonds. The van der Waals surface area contributed by atoms with Crippen molar-refractivity contribution in [2.45, 2.75) is 50.3 Å². The van der Waals surface area contributed by atoms with Crippen molar-refractivity contribution in [1.82, 2.24) is 4.90 Å². The first-order valence-corrected chi connectivity index (χ1v) is 13.3. The number of hydrogen-bond donors (Lipinski definition) is 0. The Balaban J connectivity index is 1.27. The minimum atomic E-state index is -3.10. The Hall–Kier alpha value is -2.48. The van der Waals surface area contributed by atoms with Crippen LogP contribution >= 0.6 is 0 Å². The number of ether oxygens (including phenoxy) is 1. The second-order valence-corrected chi connectivity index (χ2v) is 11.9. The quantitative estimate of drug-likeness (QED) is 0.608. The Morgan fingerprint density at radius 3 is 2.45 bits per heavy atom. The fraction of sp³-hybridized carbons (Fsp3) is 0.480. The molecule has 0 saturated heterocycles. The smallest absolute Gasteiger partial charge is 0.273 e. The fourth-order valence-electron chi connectivity index (χ4n) is 5.37. The summed E-state index contributed by atoms with van der Waals surface area (Å²) < 4.78 is 57.2. The topological polar surface area (TPSA) is 63.7 Å². The van der Waals surface area contributed by atoms with Crippen molar-refractivity contribution in [2.24, 2.45) is 11.3 Å². The molecule has 3 atom stereocenters. The second-order valence-electron chi connectivity index (χ2n) is 9.63. The Labute approximate surface area is 192 Å². The average Bonchev–Trinajstić information content (AvgIpc) is 3.35. The number of halogens is 2. The van der Waals surface area contributed by atoms with E-state index in [1.807, 2.05) is 23.1 Å². The SMILES string of the molecule is CCC(F)(F)c1ccc(Oc2ccc3c(c2)CN(C(=O)C24CC2[C@H](S(C)(=O)=O)C4)CC3)cc1. The number of carbonyl (C=O) groups is 1. The summed E-state index contributed by atoms with van der Waals surface area (Å²) in [5.41, 5.74) is 1.64. The molecular formula is C25H27F2NO4S. The zero-order valence-corrected chi connectivity index (χ0v) is 19.5. The zero-order chi connectivity index (χ0) is 23.6. The maximum Gasteiger partial charge on any atom is 0.273 e. The summed E-state index contributed by atoms with van der Waals surface area (Å²) in [6.45, 7) is 2.53. The molecule has 33 heavy (non-hydrogen) atoms. The molecule has 2 aliphatic carbocycles. The highest BCUT2D eigenvalue weighted by Crippen LogP contribution is 2.70. The van der Waals surface area contributed by atoms with Crippen LogP contribution in [0.15, 0.2) is 42.5 Å². The first-order chi connectivity index (χ1) is 15.5. The molecule has 3 aliphatic rings. The van der Waals surface area contributed by atoms with Gasteiger partial charge in [-0.2, -0.15) is 0 Å². The summed E-state index contributed by atoms with van der Waals surface area (Å²) in [5.74, 6) is -1.77. The van der Waals surface area contributed by atoms with Crippen LogP contribution in [-0.2, 0) is 33.5 Å².